The summed E-state index contributed by atoms with van der Waals surface area (Å²) in [7, 11) is 0. The Hall–Kier alpha value is -7.04. The topological polar surface area (TPSA) is 203 Å². The maximum absolute atomic E-state index is 13.2. The van der Waals surface area contributed by atoms with Gasteiger partial charge < -0.3 is 28.9 Å². The van der Waals surface area contributed by atoms with Crippen LogP contribution in [0.5, 0.6) is 0 Å². The molecule has 0 unspecified atom stereocenters. The highest BCUT2D eigenvalue weighted by atomic mass is 16.6. The van der Waals surface area contributed by atoms with Crippen LogP contribution in [0.25, 0.3) is 45.1 Å². The Morgan fingerprint density at radius 3 is 1.25 bits per heavy atom. The number of benzene rings is 4. The van der Waals surface area contributed by atoms with E-state index < -0.39 is 35.5 Å². The molecule has 6 heterocycles. The lowest BCUT2D eigenvalue weighted by molar-refractivity contribution is -0.123. The number of carbonyl (C=O) groups is 6. The Morgan fingerprint density at radius 2 is 0.868 bits per heavy atom. The van der Waals surface area contributed by atoms with Crippen molar-refractivity contribution in [3.8, 4) is 22.9 Å². The van der Waals surface area contributed by atoms with Gasteiger partial charge in [-0.15, -0.1) is 0 Å². The third kappa shape index (κ3) is 13.5. The molecule has 2 aromatic heterocycles. The van der Waals surface area contributed by atoms with Crippen molar-refractivity contribution in [3.05, 3.63) is 107 Å². The molecular formula is C60H70N6O10. The number of aromatic nitrogens is 2. The molecule has 76 heavy (non-hydrogen) atoms. The van der Waals surface area contributed by atoms with Crippen molar-refractivity contribution < 1.29 is 47.1 Å². The van der Waals surface area contributed by atoms with Crippen LogP contribution in [-0.4, -0.2) is 117 Å². The zero-order valence-electron chi connectivity index (χ0n) is 44.6. The van der Waals surface area contributed by atoms with E-state index in [-0.39, 0.29) is 48.1 Å². The maximum Gasteiger partial charge on any atom is 0.410 e. The molecule has 10 rings (SSSR count). The summed E-state index contributed by atoms with van der Waals surface area (Å²) in [4.78, 5) is 88.8. The number of nitrogens with zero attached hydrogens (tertiary/aromatic N) is 4. The van der Waals surface area contributed by atoms with E-state index in [1.807, 2.05) is 120 Å². The third-order valence-electron chi connectivity index (χ3n) is 14.2. The quantitative estimate of drug-likeness (QED) is 0.104. The fourth-order valence-electron chi connectivity index (χ4n) is 10.4. The number of amides is 2. The summed E-state index contributed by atoms with van der Waals surface area (Å²) in [5.74, 6) is 1.43. The van der Waals surface area contributed by atoms with E-state index >= 15 is 0 Å². The maximum atomic E-state index is 13.2. The van der Waals surface area contributed by atoms with E-state index in [9.17, 15) is 28.8 Å². The molecule has 0 spiro atoms. The van der Waals surface area contributed by atoms with Crippen LogP contribution in [0.2, 0.25) is 0 Å². The largest absolute Gasteiger partial charge is 0.444 e. The standard InChI is InChI=1S/C35H43N3O7.C25H27N3O3/c1-34(2,3)44-32(41)37-17-7-9-26(37)28(39)20-22-11-14-24(15-12-22)31-36-25-19-23(13-16-30(25)43-31)21-29(40)27-10-8-18-38(27)33(42)45-35(4,5)6;29-22(19-3-1-11-26-19)14-16-5-8-18(9-6-16)25-28-21-13-17(7-10-24(21)31-25)15-23(30)20-4-2-12-27-20/h11-16,19,26-27H,7-10,17-18,20-21H2,1-6H3;5-10,13,19-20,26-27H,1-4,11-12,14-15H2/t26-,27-;19-,20-/m00/s1. The predicted octanol–water partition coefficient (Wildman–Crippen LogP) is 9.74. The predicted molar refractivity (Wildman–Crippen MR) is 288 cm³/mol. The molecular weight excluding hydrogens is 965 g/mol. The summed E-state index contributed by atoms with van der Waals surface area (Å²) >= 11 is 0. The van der Waals surface area contributed by atoms with Crippen LogP contribution < -0.4 is 10.6 Å². The molecule has 0 bridgehead atoms. The Kier molecular flexibility index (Phi) is 16.3. The van der Waals surface area contributed by atoms with Crippen LogP contribution in [0.3, 0.4) is 0 Å². The minimum atomic E-state index is -0.624. The normalized spacial score (nSPS) is 19.7. The number of fused-ring (bicyclic) bond motifs is 2. The van der Waals surface area contributed by atoms with E-state index in [1.54, 1.807) is 15.9 Å². The highest BCUT2D eigenvalue weighted by Crippen LogP contribution is 2.30. The van der Waals surface area contributed by atoms with Gasteiger partial charge in [-0.1, -0.05) is 36.4 Å². The van der Waals surface area contributed by atoms with Crippen LogP contribution >= 0.6 is 0 Å². The summed E-state index contributed by atoms with van der Waals surface area (Å²) in [6.45, 7) is 13.8. The minimum Gasteiger partial charge on any atom is -0.444 e. The van der Waals surface area contributed by atoms with E-state index in [1.165, 1.54) is 0 Å². The van der Waals surface area contributed by atoms with Crippen LogP contribution in [0.4, 0.5) is 9.59 Å². The Balaban J connectivity index is 0.000000198. The lowest BCUT2D eigenvalue weighted by atomic mass is 10.0. The van der Waals surface area contributed by atoms with Gasteiger partial charge in [0.15, 0.2) is 34.3 Å². The van der Waals surface area contributed by atoms with Gasteiger partial charge in [-0.3, -0.25) is 29.0 Å². The number of Topliss-reactive ketones (excluding diaryl/α,β-unsaturated/α-hetero) is 4. The molecule has 16 nitrogen and oxygen atoms in total. The van der Waals surface area contributed by atoms with Crippen molar-refractivity contribution in [3.63, 3.8) is 0 Å². The number of hydrogen-bond acceptors (Lipinski definition) is 14. The molecule has 2 amide bonds. The number of ether oxygens (including phenoxy) is 2. The SMILES string of the molecule is CC(C)(C)OC(=O)N1CCC[C@H]1C(=O)Cc1ccc(-c2nc3cc(CC(=O)[C@@H]4CCCN4C(=O)OC(C)(C)C)ccc3o2)cc1.O=C(Cc1ccc(-c2nc3cc(CC(=O)[C@@H]4CCCN4)ccc3o2)cc1)[C@@H]1CCCN1. The Labute approximate surface area is 443 Å². The minimum absolute atomic E-state index is 0.00208. The first-order chi connectivity index (χ1) is 36.3. The van der Waals surface area contributed by atoms with Crippen LogP contribution in [-0.2, 0) is 54.3 Å². The number of rotatable bonds is 14. The van der Waals surface area contributed by atoms with Crippen LogP contribution in [0.1, 0.15) is 115 Å². The van der Waals surface area contributed by atoms with E-state index in [2.05, 4.69) is 20.6 Å². The van der Waals surface area contributed by atoms with E-state index in [0.717, 1.165) is 90.5 Å². The molecule has 0 aliphatic carbocycles. The number of oxazole rings is 2. The van der Waals surface area contributed by atoms with E-state index in [0.29, 0.717) is 67.2 Å². The summed E-state index contributed by atoms with van der Waals surface area (Å²) in [5, 5.41) is 6.52. The van der Waals surface area contributed by atoms with Gasteiger partial charge in [-0.2, -0.15) is 0 Å². The molecule has 4 aromatic carbocycles. The molecule has 6 aromatic rings. The summed E-state index contributed by atoms with van der Waals surface area (Å²) in [5.41, 5.74) is 6.68. The number of likely N-dealkylation sites (tertiary alicyclic amines) is 2. The second-order valence-corrected chi connectivity index (χ2v) is 22.6. The van der Waals surface area contributed by atoms with Crippen molar-refractivity contribution >= 4 is 57.5 Å². The molecule has 0 saturated carbocycles. The smallest absolute Gasteiger partial charge is 0.410 e. The van der Waals surface area contributed by atoms with Gasteiger partial charge in [0, 0.05) is 49.9 Å². The summed E-state index contributed by atoms with van der Waals surface area (Å²) in [6, 6.07) is 25.6. The molecule has 4 atom stereocenters. The Bertz CT molecular complexity index is 3080. The van der Waals surface area contributed by atoms with Gasteiger partial charge in [0.1, 0.15) is 22.2 Å². The first kappa shape index (κ1) is 53.8. The lowest BCUT2D eigenvalue weighted by Crippen LogP contribution is -2.43. The first-order valence-corrected chi connectivity index (χ1v) is 26.9. The molecule has 4 aliphatic rings. The summed E-state index contributed by atoms with van der Waals surface area (Å²) in [6.07, 6.45) is 7.13. The fraction of sp³-hybridized carbons (Fsp3) is 0.467. The van der Waals surface area contributed by atoms with E-state index in [4.69, 9.17) is 18.3 Å². The molecule has 4 aliphatic heterocycles. The molecule has 4 fully saturated rings. The first-order valence-electron chi connectivity index (χ1n) is 26.9. The monoisotopic (exact) mass is 1030 g/mol. The van der Waals surface area contributed by atoms with Gasteiger partial charge in [0.05, 0.1) is 24.2 Å². The third-order valence-corrected chi connectivity index (χ3v) is 14.2. The van der Waals surface area contributed by atoms with Crippen molar-refractivity contribution in [2.24, 2.45) is 0 Å². The molecule has 2 N–H and O–H groups in total. The molecule has 16 heteroatoms. The average molecular weight is 1040 g/mol. The number of nitrogens with one attached hydrogen (secondary N) is 2. The van der Waals surface area contributed by atoms with Gasteiger partial charge in [-0.05, 0) is 177 Å². The van der Waals surface area contributed by atoms with Crippen molar-refractivity contribution in [1.29, 1.82) is 0 Å². The second kappa shape index (κ2) is 23.1. The van der Waals surface area contributed by atoms with Gasteiger partial charge >= 0.3 is 12.2 Å². The zero-order chi connectivity index (χ0) is 53.7. The van der Waals surface area contributed by atoms with Crippen molar-refractivity contribution in [1.82, 2.24) is 30.4 Å². The highest BCUT2D eigenvalue weighted by molar-refractivity contribution is 5.92. The molecule has 400 valence electrons. The van der Waals surface area contributed by atoms with Crippen LogP contribution in [0, 0.1) is 0 Å². The number of ketones is 4. The average Bonchev–Trinajstić information content (AvgIpc) is 4.24. The second-order valence-electron chi connectivity index (χ2n) is 22.6. The van der Waals surface area contributed by atoms with Crippen molar-refractivity contribution in [2.75, 3.05) is 26.2 Å². The van der Waals surface area contributed by atoms with Gasteiger partial charge in [0.2, 0.25) is 11.8 Å². The molecule has 4 saturated heterocycles. The highest BCUT2D eigenvalue weighted by Gasteiger charge is 2.38. The Morgan fingerprint density at radius 1 is 0.500 bits per heavy atom. The number of hydrogen-bond donors (Lipinski definition) is 2. The molecule has 0 radical (unpaired) electrons. The lowest BCUT2D eigenvalue weighted by Gasteiger charge is -2.28. The number of carbonyl (C=O) groups excluding carboxylic acids is 6. The van der Waals surface area contributed by atoms with Gasteiger partial charge in [-0.25, -0.2) is 19.6 Å². The van der Waals surface area contributed by atoms with Crippen molar-refractivity contribution in [2.45, 2.75) is 154 Å². The van der Waals surface area contributed by atoms with Gasteiger partial charge in [0.25, 0.3) is 0 Å². The van der Waals surface area contributed by atoms with Crippen LogP contribution in [0.15, 0.2) is 93.8 Å². The fourth-order valence-corrected chi connectivity index (χ4v) is 10.4. The summed E-state index contributed by atoms with van der Waals surface area (Å²) < 4.78 is 22.9. The zero-order valence-corrected chi connectivity index (χ0v) is 44.6.